The standard InChI is InChI=1S/C46H68O11/c1-40(25-47)19-29-28-13-14-32-41(2)20-31(55-23-27-11-7-6-8-12-27)37(57-38-36(52)35(51)30(49)24-56-38)42(3,26-48)33(41)21-45(15-9-10-16-45)44(32,5)43(28,4)17-18-46(29,39(53)54)34(50)22-40/h6-8,11-13,29-38,47-52H,9-10,14-26H2,1-5H3,(H,53,54). The van der Waals surface area contributed by atoms with Crippen LogP contribution in [0.4, 0.5) is 0 Å². The van der Waals surface area contributed by atoms with E-state index >= 15 is 0 Å². The zero-order valence-electron chi connectivity index (χ0n) is 34.6. The van der Waals surface area contributed by atoms with Crippen molar-refractivity contribution in [3.05, 3.63) is 47.5 Å². The molecule has 11 heteroatoms. The Hall–Kier alpha value is -1.93. The first-order valence-electron chi connectivity index (χ1n) is 21.7. The summed E-state index contributed by atoms with van der Waals surface area (Å²) in [7, 11) is 0. The van der Waals surface area contributed by atoms with Crippen molar-refractivity contribution in [2.75, 3.05) is 19.8 Å². The predicted octanol–water partition coefficient (Wildman–Crippen LogP) is 4.98. The van der Waals surface area contributed by atoms with E-state index in [0.717, 1.165) is 49.7 Å². The van der Waals surface area contributed by atoms with Gasteiger partial charge in [0.2, 0.25) is 0 Å². The number of fused-ring (bicyclic) bond motifs is 8. The van der Waals surface area contributed by atoms with Crippen molar-refractivity contribution in [2.45, 2.75) is 155 Å². The van der Waals surface area contributed by atoms with Gasteiger partial charge in [-0.2, -0.15) is 0 Å². The number of aliphatic carboxylic acids is 1. The third kappa shape index (κ3) is 5.79. The Bertz CT molecular complexity index is 1700. The first kappa shape index (κ1) is 41.8. The molecule has 0 radical (unpaired) electrons. The molecule has 0 bridgehead atoms. The molecule has 6 fully saturated rings. The molecule has 7 N–H and O–H groups in total. The normalized spacial score (nSPS) is 50.3. The lowest BCUT2D eigenvalue weighted by atomic mass is 9.28. The zero-order valence-corrected chi connectivity index (χ0v) is 34.6. The van der Waals surface area contributed by atoms with Crippen LogP contribution in [0.25, 0.3) is 0 Å². The number of benzene rings is 1. The monoisotopic (exact) mass is 796 g/mol. The van der Waals surface area contributed by atoms with E-state index in [1.54, 1.807) is 0 Å². The van der Waals surface area contributed by atoms with Gasteiger partial charge in [0, 0.05) is 12.0 Å². The highest BCUT2D eigenvalue weighted by atomic mass is 16.7. The summed E-state index contributed by atoms with van der Waals surface area (Å²) in [5.41, 5.74) is -1.77. The van der Waals surface area contributed by atoms with Gasteiger partial charge in [-0.3, -0.25) is 4.79 Å². The number of hydrogen-bond donors (Lipinski definition) is 7. The van der Waals surface area contributed by atoms with Gasteiger partial charge >= 0.3 is 5.97 Å². The molecule has 1 aromatic carbocycles. The second kappa shape index (κ2) is 14.3. The van der Waals surface area contributed by atoms with Gasteiger partial charge in [-0.1, -0.05) is 89.4 Å². The highest BCUT2D eigenvalue weighted by Gasteiger charge is 2.77. The van der Waals surface area contributed by atoms with Gasteiger partial charge in [-0.25, -0.2) is 0 Å². The third-order valence-corrected chi connectivity index (χ3v) is 18.5. The molecule has 1 aromatic rings. The van der Waals surface area contributed by atoms with Crippen LogP contribution >= 0.6 is 0 Å². The van der Waals surface area contributed by atoms with Gasteiger partial charge in [-0.15, -0.1) is 0 Å². The van der Waals surface area contributed by atoms with Crippen molar-refractivity contribution >= 4 is 5.97 Å². The molecule has 6 aliphatic carbocycles. The van der Waals surface area contributed by atoms with Gasteiger partial charge in [-0.05, 0) is 108 Å². The van der Waals surface area contributed by atoms with Crippen molar-refractivity contribution in [3.63, 3.8) is 0 Å². The van der Waals surface area contributed by atoms with Crippen molar-refractivity contribution in [2.24, 2.45) is 55.7 Å². The van der Waals surface area contributed by atoms with Crippen molar-refractivity contribution in [1.29, 1.82) is 0 Å². The van der Waals surface area contributed by atoms with E-state index in [1.165, 1.54) is 0 Å². The molecule has 11 nitrogen and oxygen atoms in total. The predicted molar refractivity (Wildman–Crippen MR) is 210 cm³/mol. The average Bonchev–Trinajstić information content (AvgIpc) is 3.67. The number of carboxylic acid groups (broad SMARTS) is 1. The minimum Gasteiger partial charge on any atom is -0.481 e. The highest BCUT2D eigenvalue weighted by molar-refractivity contribution is 5.77. The number of allylic oxidation sites excluding steroid dienone is 2. The quantitative estimate of drug-likeness (QED) is 0.139. The number of aliphatic hydroxyl groups excluding tert-OH is 6. The Balaban J connectivity index is 1.25. The van der Waals surface area contributed by atoms with Crippen LogP contribution in [-0.2, 0) is 25.6 Å². The molecule has 7 aliphatic rings. The van der Waals surface area contributed by atoms with Gasteiger partial charge < -0.3 is 50.0 Å². The smallest absolute Gasteiger partial charge is 0.312 e. The molecule has 318 valence electrons. The lowest BCUT2D eigenvalue weighted by Gasteiger charge is -2.77. The van der Waals surface area contributed by atoms with Crippen LogP contribution in [0.15, 0.2) is 42.0 Å². The van der Waals surface area contributed by atoms with E-state index in [2.05, 4.69) is 33.8 Å². The van der Waals surface area contributed by atoms with Crippen molar-refractivity contribution in [3.8, 4) is 0 Å². The van der Waals surface area contributed by atoms with Gasteiger partial charge in [0.25, 0.3) is 0 Å². The molecular weight excluding hydrogens is 728 g/mol. The minimum atomic E-state index is -1.49. The summed E-state index contributed by atoms with van der Waals surface area (Å²) in [5.74, 6) is -1.24. The molecule has 1 saturated heterocycles. The van der Waals surface area contributed by atoms with Gasteiger partial charge in [0.15, 0.2) is 6.29 Å². The molecule has 0 amide bonds. The summed E-state index contributed by atoms with van der Waals surface area (Å²) < 4.78 is 19.5. The average molecular weight is 797 g/mol. The first-order chi connectivity index (χ1) is 26.9. The number of rotatable bonds is 8. The Labute approximate surface area is 337 Å². The molecule has 16 atom stereocenters. The highest BCUT2D eigenvalue weighted by Crippen LogP contribution is 2.82. The van der Waals surface area contributed by atoms with E-state index in [1.807, 2.05) is 37.3 Å². The number of ether oxygens (including phenoxy) is 3. The summed E-state index contributed by atoms with van der Waals surface area (Å²) in [6.07, 6.45) is 2.81. The second-order valence-corrected chi connectivity index (χ2v) is 21.0. The maximum atomic E-state index is 13.4. The maximum absolute atomic E-state index is 13.4. The summed E-state index contributed by atoms with van der Waals surface area (Å²) in [4.78, 5) is 13.4. The molecule has 1 spiro atoms. The number of carboxylic acids is 1. The number of carbonyl (C=O) groups is 1. The van der Waals surface area contributed by atoms with E-state index in [0.29, 0.717) is 32.3 Å². The SMILES string of the molecule is CC1(CO)CC(O)C2(C(=O)O)CCC3(C)C(=CCC4C5(C)CC(OCc6ccccc6)C(OC6OCC(O)C(O)C6O)C(C)(CO)C5CC5(CCCC5)C43C)C2C1. The molecule has 1 heterocycles. The Morgan fingerprint density at radius 2 is 1.54 bits per heavy atom. The Morgan fingerprint density at radius 3 is 2.19 bits per heavy atom. The zero-order chi connectivity index (χ0) is 41.0. The topological polar surface area (TPSA) is 186 Å². The van der Waals surface area contributed by atoms with Crippen LogP contribution < -0.4 is 0 Å². The van der Waals surface area contributed by atoms with Crippen LogP contribution in [0.2, 0.25) is 0 Å². The number of aliphatic hydroxyl groups is 6. The van der Waals surface area contributed by atoms with E-state index < -0.39 is 71.0 Å². The van der Waals surface area contributed by atoms with Crippen molar-refractivity contribution < 1.29 is 54.8 Å². The van der Waals surface area contributed by atoms with Crippen molar-refractivity contribution in [1.82, 2.24) is 0 Å². The molecule has 5 saturated carbocycles. The fraction of sp³-hybridized carbons (Fsp3) is 0.804. The summed E-state index contributed by atoms with van der Waals surface area (Å²) in [6, 6.07) is 9.93. The fourth-order valence-electron chi connectivity index (χ4n) is 15.3. The van der Waals surface area contributed by atoms with Crippen LogP contribution in [-0.4, -0.2) is 104 Å². The van der Waals surface area contributed by atoms with Gasteiger partial charge in [0.1, 0.15) is 23.7 Å². The van der Waals surface area contributed by atoms with Crippen LogP contribution in [0.3, 0.4) is 0 Å². The molecule has 0 aromatic heterocycles. The molecule has 1 aliphatic heterocycles. The van der Waals surface area contributed by atoms with Crippen LogP contribution in [0.1, 0.15) is 111 Å². The second-order valence-electron chi connectivity index (χ2n) is 21.0. The van der Waals surface area contributed by atoms with Gasteiger partial charge in [0.05, 0.1) is 38.1 Å². The van der Waals surface area contributed by atoms with Crippen LogP contribution in [0, 0.1) is 55.7 Å². The Morgan fingerprint density at radius 1 is 0.842 bits per heavy atom. The lowest BCUT2D eigenvalue weighted by molar-refractivity contribution is -0.341. The van der Waals surface area contributed by atoms with E-state index in [4.69, 9.17) is 14.2 Å². The first-order valence-corrected chi connectivity index (χ1v) is 21.7. The summed E-state index contributed by atoms with van der Waals surface area (Å²) >= 11 is 0. The molecular formula is C46H68O11. The third-order valence-electron chi connectivity index (χ3n) is 18.5. The summed E-state index contributed by atoms with van der Waals surface area (Å²) in [6.45, 7) is 11.2. The van der Waals surface area contributed by atoms with Crippen LogP contribution in [0.5, 0.6) is 0 Å². The molecule has 57 heavy (non-hydrogen) atoms. The molecule has 16 unspecified atom stereocenters. The summed E-state index contributed by atoms with van der Waals surface area (Å²) in [5, 5.41) is 77.2. The maximum Gasteiger partial charge on any atom is 0.312 e. The van der Waals surface area contributed by atoms with E-state index in [9.17, 15) is 40.5 Å². The number of hydrogen-bond acceptors (Lipinski definition) is 10. The fourth-order valence-corrected chi connectivity index (χ4v) is 15.3. The van der Waals surface area contributed by atoms with E-state index in [-0.39, 0.29) is 59.7 Å². The molecule has 8 rings (SSSR count). The largest absolute Gasteiger partial charge is 0.481 e. The minimum absolute atomic E-state index is 0.0292. The Kier molecular flexibility index (Phi) is 10.5. The lowest BCUT2D eigenvalue weighted by Crippen LogP contribution is -2.73.